The van der Waals surface area contributed by atoms with Crippen molar-refractivity contribution >= 4 is 33.4 Å². The van der Waals surface area contributed by atoms with Crippen LogP contribution in [0.4, 0.5) is 5.69 Å². The van der Waals surface area contributed by atoms with Crippen molar-refractivity contribution in [3.05, 3.63) is 128 Å². The van der Waals surface area contributed by atoms with Gasteiger partial charge in [0.1, 0.15) is 5.75 Å². The van der Waals surface area contributed by atoms with E-state index in [9.17, 15) is 10.3 Å². The largest absolute Gasteiger partial charge is 0.494 e. The molecule has 1 heterocycles. The van der Waals surface area contributed by atoms with Crippen molar-refractivity contribution in [1.29, 1.82) is 0 Å². The van der Waals surface area contributed by atoms with E-state index in [4.69, 9.17) is 29.0 Å². The molecule has 0 spiro atoms. The molecule has 4 aromatic rings. The fourth-order valence-electron chi connectivity index (χ4n) is 5.53. The van der Waals surface area contributed by atoms with E-state index in [2.05, 4.69) is 36.8 Å². The van der Waals surface area contributed by atoms with Gasteiger partial charge in [-0.15, -0.1) is 0 Å². The number of aliphatic imine (C=N–C) groups is 1. The molecule has 0 saturated carbocycles. The molecule has 1 aliphatic rings. The van der Waals surface area contributed by atoms with Crippen LogP contribution < -0.4 is 25.1 Å². The molecule has 0 bridgehead atoms. The molecule has 0 radical (unpaired) electrons. The SMILES string of the molecule is COc1ccc(CCNNC(=O)[C@@]2(Cc3ccccc3Br)N=C(c3ccc(OCCCO)cc3)O[C@H]2c2ccccc2N=[N+]=[N-])cc1OC. The minimum Gasteiger partial charge on any atom is -0.494 e. The minimum atomic E-state index is -1.53. The van der Waals surface area contributed by atoms with Crippen LogP contribution in [-0.2, 0) is 22.4 Å². The van der Waals surface area contributed by atoms with Gasteiger partial charge in [-0.25, -0.2) is 10.4 Å². The third-order valence-electron chi connectivity index (χ3n) is 8.01. The number of benzene rings is 4. The third kappa shape index (κ3) is 8.33. The first kappa shape index (κ1) is 35.2. The van der Waals surface area contributed by atoms with Crippen LogP contribution in [0.25, 0.3) is 10.4 Å². The summed E-state index contributed by atoms with van der Waals surface area (Å²) in [6, 6.07) is 27.5. The van der Waals surface area contributed by atoms with Crippen LogP contribution in [0.15, 0.2) is 106 Å². The van der Waals surface area contributed by atoms with Gasteiger partial charge in [-0.05, 0) is 65.5 Å². The Kier molecular flexibility index (Phi) is 12.1. The molecule has 0 unspecified atom stereocenters. The Morgan fingerprint density at radius 1 is 1.04 bits per heavy atom. The number of nitrogens with zero attached hydrogens (tertiary/aromatic N) is 4. The molecule has 3 N–H and O–H groups in total. The van der Waals surface area contributed by atoms with Crippen LogP contribution in [0, 0.1) is 0 Å². The van der Waals surface area contributed by atoms with Crippen LogP contribution in [0.1, 0.15) is 34.8 Å². The predicted molar refractivity (Wildman–Crippen MR) is 189 cm³/mol. The number of carbonyl (C=O) groups excluding carboxylic acids is 1. The number of azide groups is 1. The van der Waals surface area contributed by atoms with Crippen LogP contribution >= 0.6 is 15.9 Å². The average molecular weight is 730 g/mol. The van der Waals surface area contributed by atoms with E-state index in [0.717, 1.165) is 15.6 Å². The van der Waals surface area contributed by atoms with Crippen LogP contribution in [-0.4, -0.2) is 56.4 Å². The molecule has 0 fully saturated rings. The molecule has 0 aromatic heterocycles. The average Bonchev–Trinajstić information content (AvgIpc) is 3.51. The Morgan fingerprint density at radius 2 is 1.80 bits per heavy atom. The van der Waals surface area contributed by atoms with Crippen molar-refractivity contribution in [2.24, 2.45) is 10.1 Å². The lowest BCUT2D eigenvalue weighted by Gasteiger charge is -2.31. The Morgan fingerprint density at radius 3 is 2.53 bits per heavy atom. The van der Waals surface area contributed by atoms with Gasteiger partial charge in [-0.1, -0.05) is 69.6 Å². The van der Waals surface area contributed by atoms with Crippen molar-refractivity contribution in [2.45, 2.75) is 30.9 Å². The normalized spacial score (nSPS) is 16.6. The van der Waals surface area contributed by atoms with E-state index in [0.29, 0.717) is 60.1 Å². The molecular weight excluding hydrogens is 692 g/mol. The second kappa shape index (κ2) is 16.8. The van der Waals surface area contributed by atoms with Crippen LogP contribution in [0.3, 0.4) is 0 Å². The number of aliphatic hydroxyl groups excluding tert-OH is 1. The van der Waals surface area contributed by atoms with Crippen LogP contribution in [0.2, 0.25) is 0 Å². The number of ether oxygens (including phenoxy) is 4. The minimum absolute atomic E-state index is 0.0359. The van der Waals surface area contributed by atoms with Crippen molar-refractivity contribution in [1.82, 2.24) is 10.9 Å². The highest BCUT2D eigenvalue weighted by Gasteiger charge is 2.54. The van der Waals surface area contributed by atoms with Gasteiger partial charge in [0, 0.05) is 52.2 Å². The molecule has 254 valence electrons. The highest BCUT2D eigenvalue weighted by Crippen LogP contribution is 2.46. The molecular formula is C36H37BrN6O6. The van der Waals surface area contributed by atoms with Gasteiger partial charge in [-0.2, -0.15) is 0 Å². The number of aliphatic hydroxyl groups is 1. The zero-order valence-corrected chi connectivity index (χ0v) is 28.7. The second-order valence-electron chi connectivity index (χ2n) is 11.1. The molecule has 2 atom stereocenters. The van der Waals surface area contributed by atoms with E-state index in [1.807, 2.05) is 42.5 Å². The van der Waals surface area contributed by atoms with Gasteiger partial charge in [0.05, 0.1) is 20.8 Å². The summed E-state index contributed by atoms with van der Waals surface area (Å²) >= 11 is 3.65. The Bertz CT molecular complexity index is 1830. The van der Waals surface area contributed by atoms with Crippen molar-refractivity contribution in [3.8, 4) is 17.2 Å². The smallest absolute Gasteiger partial charge is 0.266 e. The molecule has 12 nitrogen and oxygen atoms in total. The van der Waals surface area contributed by atoms with E-state index in [-0.39, 0.29) is 18.9 Å². The first-order chi connectivity index (χ1) is 23.9. The molecule has 1 aliphatic heterocycles. The van der Waals surface area contributed by atoms with Crippen molar-refractivity contribution in [3.63, 3.8) is 0 Å². The van der Waals surface area contributed by atoms with Gasteiger partial charge in [0.15, 0.2) is 23.1 Å². The van der Waals surface area contributed by atoms with Gasteiger partial charge in [-0.3, -0.25) is 10.2 Å². The Hall–Kier alpha value is -5.07. The number of amides is 1. The summed E-state index contributed by atoms with van der Waals surface area (Å²) in [6.45, 7) is 0.815. The number of hydrogen-bond acceptors (Lipinski definition) is 9. The summed E-state index contributed by atoms with van der Waals surface area (Å²) in [7, 11) is 3.17. The van der Waals surface area contributed by atoms with E-state index in [1.54, 1.807) is 62.8 Å². The zero-order chi connectivity index (χ0) is 34.6. The van der Waals surface area contributed by atoms with Gasteiger partial charge < -0.3 is 24.1 Å². The number of carbonyl (C=O) groups is 1. The standard InChI is InChI=1S/C36H37BrN6O6/c1-46-31-17-12-24(22-32(31)47-2)18-19-39-42-35(45)36(23-26-8-3-5-10-29(26)37)33(28-9-4-6-11-30(28)41-43-38)49-34(40-36)25-13-15-27(16-14-25)48-21-7-20-44/h3-6,8-17,22,33,39,44H,7,18-21,23H2,1-2H3,(H,42,45)/t33-,36-/m0/s1. The summed E-state index contributed by atoms with van der Waals surface area (Å²) in [5.41, 5.74) is 17.1. The van der Waals surface area contributed by atoms with Gasteiger partial charge in [0.2, 0.25) is 5.90 Å². The maximum absolute atomic E-state index is 14.6. The summed E-state index contributed by atoms with van der Waals surface area (Å²) < 4.78 is 23.9. The van der Waals surface area contributed by atoms with Crippen molar-refractivity contribution < 1.29 is 28.8 Å². The maximum atomic E-state index is 14.6. The summed E-state index contributed by atoms with van der Waals surface area (Å²) in [5.74, 6) is 1.68. The lowest BCUT2D eigenvalue weighted by molar-refractivity contribution is -0.130. The molecule has 5 rings (SSSR count). The summed E-state index contributed by atoms with van der Waals surface area (Å²) in [5, 5.41) is 13.0. The monoisotopic (exact) mass is 728 g/mol. The second-order valence-corrected chi connectivity index (χ2v) is 12.0. The van der Waals surface area contributed by atoms with E-state index >= 15 is 0 Å². The lowest BCUT2D eigenvalue weighted by Crippen LogP contribution is -2.54. The topological polar surface area (TPSA) is 159 Å². The molecule has 49 heavy (non-hydrogen) atoms. The third-order valence-corrected chi connectivity index (χ3v) is 8.78. The molecule has 0 saturated heterocycles. The van der Waals surface area contributed by atoms with Crippen LogP contribution in [0.5, 0.6) is 17.2 Å². The first-order valence-electron chi connectivity index (χ1n) is 15.6. The Balaban J connectivity index is 1.50. The zero-order valence-electron chi connectivity index (χ0n) is 27.1. The summed E-state index contributed by atoms with van der Waals surface area (Å²) in [4.78, 5) is 22.6. The highest BCUT2D eigenvalue weighted by molar-refractivity contribution is 9.10. The van der Waals surface area contributed by atoms with E-state index < -0.39 is 17.6 Å². The number of hydrazine groups is 1. The first-order valence-corrected chi connectivity index (χ1v) is 16.4. The molecule has 1 amide bonds. The predicted octanol–water partition coefficient (Wildman–Crippen LogP) is 6.53. The summed E-state index contributed by atoms with van der Waals surface area (Å²) in [6.07, 6.45) is 0.278. The maximum Gasteiger partial charge on any atom is 0.266 e. The van der Waals surface area contributed by atoms with E-state index in [1.165, 1.54) is 0 Å². The lowest BCUT2D eigenvalue weighted by atomic mass is 9.81. The molecule has 13 heteroatoms. The number of methoxy groups -OCH3 is 2. The van der Waals surface area contributed by atoms with Gasteiger partial charge >= 0.3 is 0 Å². The molecule has 0 aliphatic carbocycles. The van der Waals surface area contributed by atoms with Crippen molar-refractivity contribution in [2.75, 3.05) is 34.0 Å². The fourth-order valence-corrected chi connectivity index (χ4v) is 5.96. The number of nitrogens with one attached hydrogen (secondary N) is 2. The quantitative estimate of drug-likeness (QED) is 0.0389. The number of rotatable bonds is 16. The fraction of sp³-hybridized carbons (Fsp3) is 0.278. The Labute approximate surface area is 292 Å². The van der Waals surface area contributed by atoms with Gasteiger partial charge in [0.25, 0.3) is 5.91 Å². The number of halogens is 1. The number of hydrogen-bond donors (Lipinski definition) is 3. The highest BCUT2D eigenvalue weighted by atomic mass is 79.9. The molecule has 4 aromatic carbocycles.